The van der Waals surface area contributed by atoms with Crippen LogP contribution >= 0.6 is 23.7 Å². The molecule has 0 saturated heterocycles. The SMILES string of the molecule is COc1cc(NC(=O)c2cccs2)c(OC)cc1NC(=O)CCC(=O)Nc1cccc2ncccc12.Cl. The van der Waals surface area contributed by atoms with Gasteiger partial charge in [0.2, 0.25) is 11.8 Å². The number of hydrogen-bond donors (Lipinski definition) is 3. The van der Waals surface area contributed by atoms with Crippen molar-refractivity contribution >= 4 is 69.4 Å². The van der Waals surface area contributed by atoms with Gasteiger partial charge in [0.15, 0.2) is 0 Å². The summed E-state index contributed by atoms with van der Waals surface area (Å²) in [6, 6.07) is 15.8. The van der Waals surface area contributed by atoms with Crippen LogP contribution in [0.4, 0.5) is 17.1 Å². The third-order valence-electron chi connectivity index (χ3n) is 5.29. The lowest BCUT2D eigenvalue weighted by atomic mass is 10.1. The summed E-state index contributed by atoms with van der Waals surface area (Å²) in [6.07, 6.45) is 1.62. The first kappa shape index (κ1) is 27.4. The zero-order valence-electron chi connectivity index (χ0n) is 20.1. The Labute approximate surface area is 223 Å². The molecular weight excluding hydrogens is 516 g/mol. The van der Waals surface area contributed by atoms with Crippen LogP contribution in [0.3, 0.4) is 0 Å². The maximum atomic E-state index is 12.6. The van der Waals surface area contributed by atoms with Gasteiger partial charge in [0.25, 0.3) is 5.91 Å². The molecule has 0 radical (unpaired) electrons. The minimum Gasteiger partial charge on any atom is -0.494 e. The first-order valence-electron chi connectivity index (χ1n) is 11.0. The first-order chi connectivity index (χ1) is 17.5. The van der Waals surface area contributed by atoms with Crippen molar-refractivity contribution < 1.29 is 23.9 Å². The zero-order chi connectivity index (χ0) is 25.5. The summed E-state index contributed by atoms with van der Waals surface area (Å²) < 4.78 is 10.8. The fraction of sp³-hybridized carbons (Fsp3) is 0.154. The van der Waals surface area contributed by atoms with E-state index in [2.05, 4.69) is 20.9 Å². The number of hydrogen-bond acceptors (Lipinski definition) is 7. The van der Waals surface area contributed by atoms with Crippen molar-refractivity contribution in [3.63, 3.8) is 0 Å². The van der Waals surface area contributed by atoms with Crippen molar-refractivity contribution in [2.75, 3.05) is 30.2 Å². The molecule has 2 aromatic heterocycles. The van der Waals surface area contributed by atoms with E-state index in [1.54, 1.807) is 42.6 Å². The molecule has 0 spiro atoms. The Balaban J connectivity index is 0.00000380. The Morgan fingerprint density at radius 2 is 1.46 bits per heavy atom. The molecule has 3 amide bonds. The number of carbonyl (C=O) groups is 3. The standard InChI is InChI=1S/C26H24N4O5S.ClH/c1-34-21-15-20(30-26(33)23-9-5-13-36-23)22(35-2)14-19(21)29-25(32)11-10-24(31)28-18-8-3-7-17-16(18)6-4-12-27-17;/h3-9,12-15H,10-11H2,1-2H3,(H,28,31)(H,29,32)(H,30,33);1H. The van der Waals surface area contributed by atoms with Crippen molar-refractivity contribution in [3.05, 3.63) is 71.1 Å². The second-order valence-electron chi connectivity index (χ2n) is 7.66. The van der Waals surface area contributed by atoms with E-state index in [0.717, 1.165) is 10.9 Å². The minimum absolute atomic E-state index is 0. The van der Waals surface area contributed by atoms with E-state index in [4.69, 9.17) is 9.47 Å². The highest BCUT2D eigenvalue weighted by Crippen LogP contribution is 2.37. The molecule has 0 aliphatic rings. The fourth-order valence-electron chi connectivity index (χ4n) is 3.55. The molecule has 0 aliphatic heterocycles. The smallest absolute Gasteiger partial charge is 0.265 e. The number of amides is 3. The molecule has 2 heterocycles. The number of nitrogens with zero attached hydrogens (tertiary/aromatic N) is 1. The van der Waals surface area contributed by atoms with Crippen LogP contribution in [0.25, 0.3) is 10.9 Å². The number of thiophene rings is 1. The molecule has 0 atom stereocenters. The van der Waals surface area contributed by atoms with E-state index in [1.807, 2.05) is 23.6 Å². The fourth-order valence-corrected chi connectivity index (χ4v) is 4.17. The van der Waals surface area contributed by atoms with Gasteiger partial charge in [-0.15, -0.1) is 23.7 Å². The molecular formula is C26H25ClN4O5S. The maximum absolute atomic E-state index is 12.6. The van der Waals surface area contributed by atoms with E-state index in [9.17, 15) is 14.4 Å². The third kappa shape index (κ3) is 6.75. The number of pyridine rings is 1. The second kappa shape index (κ2) is 12.7. The quantitative estimate of drug-likeness (QED) is 0.263. The van der Waals surface area contributed by atoms with Crippen molar-refractivity contribution in [1.82, 2.24) is 4.98 Å². The van der Waals surface area contributed by atoms with Crippen molar-refractivity contribution in [1.29, 1.82) is 0 Å². The summed E-state index contributed by atoms with van der Waals surface area (Å²) in [6.45, 7) is 0. The lowest BCUT2D eigenvalue weighted by molar-refractivity contribution is -0.121. The lowest BCUT2D eigenvalue weighted by Gasteiger charge is -2.16. The summed E-state index contributed by atoms with van der Waals surface area (Å²) in [5, 5.41) is 11.0. The normalized spacial score (nSPS) is 10.2. The van der Waals surface area contributed by atoms with Gasteiger partial charge in [0, 0.05) is 36.6 Å². The number of fused-ring (bicyclic) bond motifs is 1. The molecule has 192 valence electrons. The molecule has 0 saturated carbocycles. The summed E-state index contributed by atoms with van der Waals surface area (Å²) in [5.74, 6) is -0.273. The van der Waals surface area contributed by atoms with Gasteiger partial charge in [-0.1, -0.05) is 12.1 Å². The summed E-state index contributed by atoms with van der Waals surface area (Å²) in [7, 11) is 2.91. The molecule has 37 heavy (non-hydrogen) atoms. The average molecular weight is 541 g/mol. The van der Waals surface area contributed by atoms with Crippen LogP contribution in [-0.4, -0.2) is 36.9 Å². The van der Waals surface area contributed by atoms with E-state index in [0.29, 0.717) is 33.4 Å². The summed E-state index contributed by atoms with van der Waals surface area (Å²) in [5.41, 5.74) is 2.16. The van der Waals surface area contributed by atoms with Gasteiger partial charge in [-0.3, -0.25) is 19.4 Å². The molecule has 3 N–H and O–H groups in total. The molecule has 9 nitrogen and oxygen atoms in total. The van der Waals surface area contributed by atoms with Crippen LogP contribution in [-0.2, 0) is 9.59 Å². The predicted molar refractivity (Wildman–Crippen MR) is 147 cm³/mol. The van der Waals surface area contributed by atoms with E-state index in [1.165, 1.54) is 25.6 Å². The van der Waals surface area contributed by atoms with E-state index >= 15 is 0 Å². The molecule has 11 heteroatoms. The van der Waals surface area contributed by atoms with Crippen molar-refractivity contribution in [2.45, 2.75) is 12.8 Å². The van der Waals surface area contributed by atoms with Crippen LogP contribution in [0.5, 0.6) is 11.5 Å². The maximum Gasteiger partial charge on any atom is 0.265 e. The van der Waals surface area contributed by atoms with Gasteiger partial charge in [-0.25, -0.2) is 0 Å². The Kier molecular flexibility index (Phi) is 9.42. The highest BCUT2D eigenvalue weighted by atomic mass is 35.5. The number of anilines is 3. The van der Waals surface area contributed by atoms with Crippen LogP contribution in [0.2, 0.25) is 0 Å². The molecule has 0 fully saturated rings. The topological polar surface area (TPSA) is 119 Å². The Morgan fingerprint density at radius 3 is 2.08 bits per heavy atom. The molecule has 0 bridgehead atoms. The van der Waals surface area contributed by atoms with Gasteiger partial charge >= 0.3 is 0 Å². The predicted octanol–water partition coefficient (Wildman–Crippen LogP) is 5.35. The number of carbonyl (C=O) groups excluding carboxylic acids is 3. The molecule has 0 unspecified atom stereocenters. The van der Waals surface area contributed by atoms with E-state index in [-0.39, 0.29) is 43.0 Å². The monoisotopic (exact) mass is 540 g/mol. The number of benzene rings is 2. The van der Waals surface area contributed by atoms with Gasteiger partial charge in [0.05, 0.1) is 41.7 Å². The van der Waals surface area contributed by atoms with Gasteiger partial charge < -0.3 is 25.4 Å². The third-order valence-corrected chi connectivity index (χ3v) is 6.16. The molecule has 0 aliphatic carbocycles. The molecule has 4 rings (SSSR count). The van der Waals surface area contributed by atoms with Gasteiger partial charge in [-0.2, -0.15) is 0 Å². The van der Waals surface area contributed by atoms with Crippen molar-refractivity contribution in [2.24, 2.45) is 0 Å². The number of methoxy groups -OCH3 is 2. The number of halogens is 1. The van der Waals surface area contributed by atoms with Crippen LogP contribution < -0.4 is 25.4 Å². The minimum atomic E-state index is -0.375. The van der Waals surface area contributed by atoms with Crippen LogP contribution in [0.1, 0.15) is 22.5 Å². The van der Waals surface area contributed by atoms with Crippen LogP contribution in [0, 0.1) is 0 Å². The summed E-state index contributed by atoms with van der Waals surface area (Å²) >= 11 is 1.32. The largest absolute Gasteiger partial charge is 0.494 e. The number of nitrogens with one attached hydrogen (secondary N) is 3. The second-order valence-corrected chi connectivity index (χ2v) is 8.60. The Morgan fingerprint density at radius 1 is 0.811 bits per heavy atom. The highest BCUT2D eigenvalue weighted by molar-refractivity contribution is 7.12. The number of rotatable bonds is 9. The van der Waals surface area contributed by atoms with E-state index < -0.39 is 0 Å². The van der Waals surface area contributed by atoms with Gasteiger partial charge in [-0.05, 0) is 35.7 Å². The number of aromatic nitrogens is 1. The zero-order valence-corrected chi connectivity index (χ0v) is 21.7. The Bertz CT molecular complexity index is 1410. The number of ether oxygens (including phenoxy) is 2. The highest BCUT2D eigenvalue weighted by Gasteiger charge is 2.17. The van der Waals surface area contributed by atoms with Crippen LogP contribution in [0.15, 0.2) is 66.2 Å². The molecule has 2 aromatic carbocycles. The molecule has 4 aromatic rings. The Hall–Kier alpha value is -4.15. The lowest BCUT2D eigenvalue weighted by Crippen LogP contribution is -2.18. The average Bonchev–Trinajstić information content (AvgIpc) is 3.44. The summed E-state index contributed by atoms with van der Waals surface area (Å²) in [4.78, 5) is 42.4. The van der Waals surface area contributed by atoms with Crippen molar-refractivity contribution in [3.8, 4) is 11.5 Å². The first-order valence-corrected chi connectivity index (χ1v) is 11.9. The van der Waals surface area contributed by atoms with Gasteiger partial charge in [0.1, 0.15) is 11.5 Å².